The molecule has 1 heterocycles. The van der Waals surface area contributed by atoms with Crippen LogP contribution in [0, 0.1) is 5.82 Å². The summed E-state index contributed by atoms with van der Waals surface area (Å²) in [5.41, 5.74) is 2.03. The molecule has 6 heteroatoms. The highest BCUT2D eigenvalue weighted by Gasteiger charge is 2.12. The van der Waals surface area contributed by atoms with Crippen molar-refractivity contribution in [3.63, 3.8) is 0 Å². The van der Waals surface area contributed by atoms with Crippen molar-refractivity contribution in [2.75, 3.05) is 7.05 Å². The smallest absolute Gasteiger partial charge is 0.246 e. The van der Waals surface area contributed by atoms with Gasteiger partial charge in [0, 0.05) is 42.0 Å². The van der Waals surface area contributed by atoms with Crippen LogP contribution in [0.4, 0.5) is 4.39 Å². The number of carbonyl (C=O) groups excluding carboxylic acids is 1. The van der Waals surface area contributed by atoms with Gasteiger partial charge in [-0.3, -0.25) is 4.79 Å². The molecular formula is C20H17ClFN3O. The van der Waals surface area contributed by atoms with E-state index in [2.05, 4.69) is 5.10 Å². The standard InChI is InChI=1S/C20H17ClFN3O/c1-24(14-17-18(21)8-5-9-19(17)22)20(26)11-10-15-12-23-25(13-15)16-6-3-2-4-7-16/h2-13H,14H2,1H3/b11-10+. The van der Waals surface area contributed by atoms with Crippen LogP contribution in [-0.2, 0) is 11.3 Å². The fraction of sp³-hybridized carbons (Fsp3) is 0.100. The Morgan fingerprint density at radius 2 is 2.00 bits per heavy atom. The fourth-order valence-electron chi connectivity index (χ4n) is 2.44. The van der Waals surface area contributed by atoms with Crippen LogP contribution in [0.1, 0.15) is 11.1 Å². The van der Waals surface area contributed by atoms with Crippen LogP contribution in [0.15, 0.2) is 67.0 Å². The molecular weight excluding hydrogens is 353 g/mol. The van der Waals surface area contributed by atoms with E-state index in [1.165, 1.54) is 23.1 Å². The van der Waals surface area contributed by atoms with Gasteiger partial charge in [0.25, 0.3) is 0 Å². The Morgan fingerprint density at radius 3 is 2.73 bits per heavy atom. The first-order chi connectivity index (χ1) is 12.5. The molecule has 1 aromatic heterocycles. The maximum absolute atomic E-state index is 13.8. The van der Waals surface area contributed by atoms with E-state index in [1.54, 1.807) is 30.1 Å². The minimum absolute atomic E-state index is 0.0952. The molecule has 132 valence electrons. The Kier molecular flexibility index (Phi) is 5.49. The Bertz CT molecular complexity index is 917. The van der Waals surface area contributed by atoms with Gasteiger partial charge in [-0.25, -0.2) is 9.07 Å². The molecule has 0 N–H and O–H groups in total. The third kappa shape index (κ3) is 4.18. The Morgan fingerprint density at radius 1 is 1.23 bits per heavy atom. The number of hydrogen-bond donors (Lipinski definition) is 0. The van der Waals surface area contributed by atoms with Crippen molar-refractivity contribution in [1.82, 2.24) is 14.7 Å². The molecule has 0 aliphatic carbocycles. The summed E-state index contributed by atoms with van der Waals surface area (Å²) in [5, 5.41) is 4.58. The van der Waals surface area contributed by atoms with Crippen molar-refractivity contribution in [3.05, 3.63) is 89.0 Å². The summed E-state index contributed by atoms with van der Waals surface area (Å²) in [5.74, 6) is -0.679. The van der Waals surface area contributed by atoms with E-state index in [-0.39, 0.29) is 12.5 Å². The summed E-state index contributed by atoms with van der Waals surface area (Å²) < 4.78 is 15.6. The molecule has 0 spiro atoms. The Hall–Kier alpha value is -2.92. The van der Waals surface area contributed by atoms with Gasteiger partial charge in [0.1, 0.15) is 5.82 Å². The number of likely N-dealkylation sites (N-methyl/N-ethyl adjacent to an activating group) is 1. The maximum atomic E-state index is 13.8. The number of halogens is 2. The van der Waals surface area contributed by atoms with Gasteiger partial charge in [0.15, 0.2) is 0 Å². The van der Waals surface area contributed by atoms with Crippen molar-refractivity contribution in [2.24, 2.45) is 0 Å². The minimum atomic E-state index is -0.426. The van der Waals surface area contributed by atoms with Crippen LogP contribution in [0.5, 0.6) is 0 Å². The first kappa shape index (κ1) is 17.9. The van der Waals surface area contributed by atoms with E-state index in [4.69, 9.17) is 11.6 Å². The summed E-state index contributed by atoms with van der Waals surface area (Å²) in [6, 6.07) is 14.1. The lowest BCUT2D eigenvalue weighted by molar-refractivity contribution is -0.125. The first-order valence-corrected chi connectivity index (χ1v) is 8.38. The topological polar surface area (TPSA) is 38.1 Å². The summed E-state index contributed by atoms with van der Waals surface area (Å²) in [7, 11) is 1.60. The van der Waals surface area contributed by atoms with E-state index < -0.39 is 5.82 Å². The molecule has 2 aromatic carbocycles. The second kappa shape index (κ2) is 7.97. The number of amides is 1. The number of hydrogen-bond acceptors (Lipinski definition) is 2. The largest absolute Gasteiger partial charge is 0.338 e. The predicted octanol–water partition coefficient (Wildman–Crippen LogP) is 4.34. The van der Waals surface area contributed by atoms with Gasteiger partial charge in [-0.05, 0) is 30.3 Å². The zero-order valence-electron chi connectivity index (χ0n) is 14.1. The minimum Gasteiger partial charge on any atom is -0.338 e. The van der Waals surface area contributed by atoms with E-state index in [9.17, 15) is 9.18 Å². The number of nitrogens with zero attached hydrogens (tertiary/aromatic N) is 3. The molecule has 26 heavy (non-hydrogen) atoms. The lowest BCUT2D eigenvalue weighted by Crippen LogP contribution is -2.24. The molecule has 0 bridgehead atoms. The zero-order valence-corrected chi connectivity index (χ0v) is 14.9. The number of rotatable bonds is 5. The molecule has 4 nitrogen and oxygen atoms in total. The molecule has 0 unspecified atom stereocenters. The van der Waals surface area contributed by atoms with Crippen molar-refractivity contribution < 1.29 is 9.18 Å². The molecule has 0 radical (unpaired) electrons. The Labute approximate surface area is 156 Å². The van der Waals surface area contributed by atoms with Gasteiger partial charge < -0.3 is 4.90 Å². The third-order valence-electron chi connectivity index (χ3n) is 3.87. The highest BCUT2D eigenvalue weighted by Crippen LogP contribution is 2.20. The van der Waals surface area contributed by atoms with Crippen LogP contribution >= 0.6 is 11.6 Å². The molecule has 0 saturated carbocycles. The van der Waals surface area contributed by atoms with E-state index in [1.807, 2.05) is 36.5 Å². The molecule has 1 amide bonds. The second-order valence-corrected chi connectivity index (χ2v) is 6.19. The monoisotopic (exact) mass is 369 g/mol. The maximum Gasteiger partial charge on any atom is 0.246 e. The first-order valence-electron chi connectivity index (χ1n) is 8.01. The van der Waals surface area contributed by atoms with E-state index in [0.717, 1.165) is 11.3 Å². The van der Waals surface area contributed by atoms with Gasteiger partial charge in [0.2, 0.25) is 5.91 Å². The number of benzene rings is 2. The Balaban J connectivity index is 1.67. The fourth-order valence-corrected chi connectivity index (χ4v) is 2.66. The molecule has 3 rings (SSSR count). The average molecular weight is 370 g/mol. The van der Waals surface area contributed by atoms with Crippen LogP contribution in [0.25, 0.3) is 11.8 Å². The molecule has 3 aromatic rings. The van der Waals surface area contributed by atoms with Crippen LogP contribution in [0.2, 0.25) is 5.02 Å². The van der Waals surface area contributed by atoms with Crippen molar-refractivity contribution in [1.29, 1.82) is 0 Å². The molecule has 0 fully saturated rings. The van der Waals surface area contributed by atoms with Gasteiger partial charge in [-0.15, -0.1) is 0 Å². The SMILES string of the molecule is CN(Cc1c(F)cccc1Cl)C(=O)/C=C/c1cnn(-c2ccccc2)c1. The van der Waals surface area contributed by atoms with Crippen LogP contribution in [-0.4, -0.2) is 27.6 Å². The van der Waals surface area contributed by atoms with E-state index >= 15 is 0 Å². The summed E-state index contributed by atoms with van der Waals surface area (Å²) in [6.07, 6.45) is 6.60. The van der Waals surface area contributed by atoms with Crippen LogP contribution in [0.3, 0.4) is 0 Å². The lowest BCUT2D eigenvalue weighted by atomic mass is 10.2. The molecule has 0 atom stereocenters. The number of aromatic nitrogens is 2. The van der Waals surface area contributed by atoms with Crippen molar-refractivity contribution in [3.8, 4) is 5.69 Å². The summed E-state index contributed by atoms with van der Waals surface area (Å²) in [6.45, 7) is 0.0952. The lowest BCUT2D eigenvalue weighted by Gasteiger charge is -2.16. The van der Waals surface area contributed by atoms with Gasteiger partial charge >= 0.3 is 0 Å². The highest BCUT2D eigenvalue weighted by atomic mass is 35.5. The third-order valence-corrected chi connectivity index (χ3v) is 4.23. The zero-order chi connectivity index (χ0) is 18.5. The quantitative estimate of drug-likeness (QED) is 0.627. The summed E-state index contributed by atoms with van der Waals surface area (Å²) >= 11 is 6.01. The highest BCUT2D eigenvalue weighted by molar-refractivity contribution is 6.31. The van der Waals surface area contributed by atoms with Gasteiger partial charge in [0.05, 0.1) is 11.9 Å². The predicted molar refractivity (Wildman–Crippen MR) is 100 cm³/mol. The average Bonchev–Trinajstić information content (AvgIpc) is 3.12. The molecule has 0 saturated heterocycles. The number of para-hydroxylation sites is 1. The van der Waals surface area contributed by atoms with Crippen molar-refractivity contribution >= 4 is 23.6 Å². The normalized spacial score (nSPS) is 11.0. The van der Waals surface area contributed by atoms with Gasteiger partial charge in [-0.2, -0.15) is 5.10 Å². The second-order valence-electron chi connectivity index (χ2n) is 5.78. The van der Waals surface area contributed by atoms with Crippen LogP contribution < -0.4 is 0 Å². The summed E-state index contributed by atoms with van der Waals surface area (Å²) in [4.78, 5) is 13.7. The number of carbonyl (C=O) groups is 1. The van der Waals surface area contributed by atoms with E-state index in [0.29, 0.717) is 10.6 Å². The van der Waals surface area contributed by atoms with Crippen molar-refractivity contribution in [2.45, 2.75) is 6.54 Å². The molecule has 0 aliphatic heterocycles. The molecule has 0 aliphatic rings. The van der Waals surface area contributed by atoms with Gasteiger partial charge in [-0.1, -0.05) is 35.9 Å².